The number of rotatable bonds is 8. The van der Waals surface area contributed by atoms with Gasteiger partial charge in [0.25, 0.3) is 5.91 Å². The Morgan fingerprint density at radius 1 is 1.37 bits per heavy atom. The number of hydrazine groups is 1. The lowest BCUT2D eigenvalue weighted by molar-refractivity contribution is -0.128. The highest BCUT2D eigenvalue weighted by atomic mass is 32.1. The molecule has 1 aromatic rings. The van der Waals surface area contributed by atoms with Crippen molar-refractivity contribution in [3.63, 3.8) is 0 Å². The molecule has 0 atom stereocenters. The van der Waals surface area contributed by atoms with E-state index in [2.05, 4.69) is 15.9 Å². The Morgan fingerprint density at radius 2 is 2.15 bits per heavy atom. The van der Waals surface area contributed by atoms with Gasteiger partial charge in [0.2, 0.25) is 6.79 Å². The number of nitrogens with zero attached hydrogens (tertiary/aromatic N) is 2. The molecule has 2 rings (SSSR count). The minimum absolute atomic E-state index is 0.211. The minimum Gasteiger partial charge on any atom is -0.454 e. The number of hydrogen-bond donors (Lipinski definition) is 2. The van der Waals surface area contributed by atoms with E-state index >= 15 is 0 Å². The molecule has 0 radical (unpaired) electrons. The molecule has 148 valence electrons. The van der Waals surface area contributed by atoms with Crippen molar-refractivity contribution in [1.82, 2.24) is 15.8 Å². The number of ether oxygens (including phenoxy) is 3. The number of nitrogens with one attached hydrogen (secondary N) is 2. The number of methoxy groups -OCH3 is 1. The number of thiocarbonyl (C=S) groups is 1. The molecule has 1 heterocycles. The van der Waals surface area contributed by atoms with Crippen LogP contribution in [0.3, 0.4) is 0 Å². The molecule has 27 heavy (non-hydrogen) atoms. The van der Waals surface area contributed by atoms with Gasteiger partial charge in [-0.1, -0.05) is 5.16 Å². The summed E-state index contributed by atoms with van der Waals surface area (Å²) in [5.41, 5.74) is 4.03. The lowest BCUT2D eigenvalue weighted by Crippen LogP contribution is -2.49. The monoisotopic (exact) mass is 396 g/mol. The molecule has 10 heteroatoms. The number of benzene rings is 1. The Balaban J connectivity index is 1.73. The number of amides is 1. The summed E-state index contributed by atoms with van der Waals surface area (Å²) in [4.78, 5) is 17.0. The maximum Gasteiger partial charge on any atom is 0.279 e. The van der Waals surface area contributed by atoms with Gasteiger partial charge in [-0.05, 0) is 43.8 Å². The molecule has 0 saturated heterocycles. The zero-order chi connectivity index (χ0) is 19.6. The highest BCUT2D eigenvalue weighted by Gasteiger charge is 2.14. The predicted molar refractivity (Wildman–Crippen MR) is 104 cm³/mol. The van der Waals surface area contributed by atoms with Gasteiger partial charge < -0.3 is 24.4 Å². The summed E-state index contributed by atoms with van der Waals surface area (Å²) >= 11 is 5.17. The summed E-state index contributed by atoms with van der Waals surface area (Å²) in [6.45, 7) is 3.05. The van der Waals surface area contributed by atoms with Gasteiger partial charge in [-0.25, -0.2) is 0 Å². The Labute approximate surface area is 163 Å². The molecule has 0 aliphatic carbocycles. The third kappa shape index (κ3) is 6.57. The first-order valence-electron chi connectivity index (χ1n) is 8.38. The van der Waals surface area contributed by atoms with Crippen LogP contribution in [0.1, 0.15) is 18.9 Å². The summed E-state index contributed by atoms with van der Waals surface area (Å²) < 4.78 is 15.5. The van der Waals surface area contributed by atoms with Crippen molar-refractivity contribution in [3.8, 4) is 11.5 Å². The maximum absolute atomic E-state index is 11.9. The van der Waals surface area contributed by atoms with Crippen molar-refractivity contribution in [2.45, 2.75) is 13.3 Å². The SMILES string of the molecule is COCCCNC(=S)N(C)NC(=O)CO/N=C(/C)c1ccc2c(c1)OCO2. The van der Waals surface area contributed by atoms with Gasteiger partial charge in [-0.15, -0.1) is 0 Å². The van der Waals surface area contributed by atoms with Crippen molar-refractivity contribution in [2.24, 2.45) is 5.16 Å². The quantitative estimate of drug-likeness (QED) is 0.291. The highest BCUT2D eigenvalue weighted by Crippen LogP contribution is 2.32. The van der Waals surface area contributed by atoms with E-state index in [9.17, 15) is 4.79 Å². The van der Waals surface area contributed by atoms with E-state index in [0.717, 1.165) is 12.0 Å². The van der Waals surface area contributed by atoms with Crippen LogP contribution in [-0.4, -0.2) is 62.4 Å². The number of oxime groups is 1. The molecular weight excluding hydrogens is 372 g/mol. The Morgan fingerprint density at radius 3 is 2.93 bits per heavy atom. The fourth-order valence-corrected chi connectivity index (χ4v) is 2.31. The van der Waals surface area contributed by atoms with Crippen LogP contribution in [-0.2, 0) is 14.4 Å². The van der Waals surface area contributed by atoms with Crippen molar-refractivity contribution in [2.75, 3.05) is 40.7 Å². The second kappa shape index (κ2) is 10.5. The third-order valence-electron chi connectivity index (χ3n) is 3.59. The predicted octanol–water partition coefficient (Wildman–Crippen LogP) is 1.03. The van der Waals surface area contributed by atoms with Crippen molar-refractivity contribution in [1.29, 1.82) is 0 Å². The summed E-state index contributed by atoms with van der Waals surface area (Å²) in [6.07, 6.45) is 0.815. The van der Waals surface area contributed by atoms with Crippen LogP contribution in [0.5, 0.6) is 11.5 Å². The molecule has 0 unspecified atom stereocenters. The standard InChI is InChI=1S/C17H24N4O5S/c1-12(13-5-6-14-15(9-13)25-11-24-14)20-26-10-16(22)19-21(2)17(27)18-7-4-8-23-3/h5-6,9H,4,7-8,10-11H2,1-3H3,(H,18,27)(H,19,22)/b20-12-. The van der Waals surface area contributed by atoms with Gasteiger partial charge in [0.05, 0.1) is 5.71 Å². The van der Waals surface area contributed by atoms with E-state index in [1.54, 1.807) is 27.1 Å². The number of fused-ring (bicyclic) bond motifs is 1. The molecule has 1 amide bonds. The first-order valence-corrected chi connectivity index (χ1v) is 8.78. The molecular formula is C17H24N4O5S. The van der Waals surface area contributed by atoms with Crippen LogP contribution in [0.2, 0.25) is 0 Å². The van der Waals surface area contributed by atoms with Crippen LogP contribution >= 0.6 is 12.2 Å². The van der Waals surface area contributed by atoms with Crippen LogP contribution in [0.4, 0.5) is 0 Å². The lowest BCUT2D eigenvalue weighted by atomic mass is 10.1. The van der Waals surface area contributed by atoms with E-state index < -0.39 is 0 Å². The van der Waals surface area contributed by atoms with Crippen molar-refractivity contribution < 1.29 is 23.8 Å². The molecule has 0 aromatic heterocycles. The average Bonchev–Trinajstić information content (AvgIpc) is 3.12. The minimum atomic E-state index is -0.374. The fourth-order valence-electron chi connectivity index (χ4n) is 2.16. The number of carbonyl (C=O) groups excluding carboxylic acids is 1. The molecule has 1 aromatic carbocycles. The van der Waals surface area contributed by atoms with E-state index in [4.69, 9.17) is 31.3 Å². The molecule has 0 bridgehead atoms. The Bertz CT molecular complexity index is 698. The molecule has 0 fully saturated rings. The highest BCUT2D eigenvalue weighted by molar-refractivity contribution is 7.80. The summed E-state index contributed by atoms with van der Waals surface area (Å²) in [6, 6.07) is 5.46. The topological polar surface area (TPSA) is 93.7 Å². The van der Waals surface area contributed by atoms with Crippen molar-refractivity contribution in [3.05, 3.63) is 23.8 Å². The maximum atomic E-state index is 11.9. The Hall–Kier alpha value is -2.59. The Kier molecular flexibility index (Phi) is 8.08. The number of hydrogen-bond acceptors (Lipinski definition) is 7. The van der Waals surface area contributed by atoms with E-state index in [-0.39, 0.29) is 19.3 Å². The summed E-state index contributed by atoms with van der Waals surface area (Å²) in [5.74, 6) is 0.982. The fraction of sp³-hybridized carbons (Fsp3) is 0.471. The number of carbonyl (C=O) groups is 1. The van der Waals surface area contributed by atoms with Crippen LogP contribution in [0, 0.1) is 0 Å². The third-order valence-corrected chi connectivity index (χ3v) is 4.00. The molecule has 1 aliphatic rings. The van der Waals surface area contributed by atoms with Gasteiger partial charge in [0.1, 0.15) is 0 Å². The largest absolute Gasteiger partial charge is 0.454 e. The van der Waals surface area contributed by atoms with E-state index in [1.165, 1.54) is 5.01 Å². The first kappa shape index (κ1) is 20.7. The molecule has 0 spiro atoms. The lowest BCUT2D eigenvalue weighted by Gasteiger charge is -2.21. The zero-order valence-electron chi connectivity index (χ0n) is 15.6. The molecule has 0 saturated carbocycles. The molecule has 1 aliphatic heterocycles. The van der Waals surface area contributed by atoms with Crippen LogP contribution in [0.15, 0.2) is 23.4 Å². The zero-order valence-corrected chi connectivity index (χ0v) is 16.4. The normalized spacial score (nSPS) is 12.5. The first-order chi connectivity index (χ1) is 13.0. The smallest absolute Gasteiger partial charge is 0.279 e. The molecule has 9 nitrogen and oxygen atoms in total. The summed E-state index contributed by atoms with van der Waals surface area (Å²) in [5, 5.41) is 8.79. The van der Waals surface area contributed by atoms with Crippen molar-refractivity contribution >= 4 is 28.9 Å². The van der Waals surface area contributed by atoms with Gasteiger partial charge in [-0.2, -0.15) is 0 Å². The molecule has 2 N–H and O–H groups in total. The van der Waals surface area contributed by atoms with Gasteiger partial charge in [0, 0.05) is 32.9 Å². The van der Waals surface area contributed by atoms with E-state index in [0.29, 0.717) is 35.5 Å². The summed E-state index contributed by atoms with van der Waals surface area (Å²) in [7, 11) is 3.28. The van der Waals surface area contributed by atoms with Gasteiger partial charge in [0.15, 0.2) is 23.2 Å². The van der Waals surface area contributed by atoms with Gasteiger partial charge in [-0.3, -0.25) is 15.2 Å². The van der Waals surface area contributed by atoms with Gasteiger partial charge >= 0.3 is 0 Å². The second-order valence-electron chi connectivity index (χ2n) is 5.69. The van der Waals surface area contributed by atoms with Crippen LogP contribution < -0.4 is 20.2 Å². The van der Waals surface area contributed by atoms with Crippen LogP contribution in [0.25, 0.3) is 0 Å². The second-order valence-corrected chi connectivity index (χ2v) is 6.08. The average molecular weight is 396 g/mol. The van der Waals surface area contributed by atoms with E-state index in [1.807, 2.05) is 12.1 Å².